The Labute approximate surface area is 205 Å². The van der Waals surface area contributed by atoms with Gasteiger partial charge in [0.2, 0.25) is 0 Å². The first-order valence-corrected chi connectivity index (χ1v) is 11.0. The van der Waals surface area contributed by atoms with Gasteiger partial charge in [-0.2, -0.15) is 23.4 Å². The predicted octanol–water partition coefficient (Wildman–Crippen LogP) is 3.23. The Morgan fingerprint density at radius 1 is 1.25 bits per heavy atom. The number of alkyl halides is 3. The number of benzene rings is 2. The first-order chi connectivity index (χ1) is 17.2. The molecule has 1 aromatic heterocycles. The number of carbonyl (C=O) groups excluding carboxylic acids is 1. The van der Waals surface area contributed by atoms with Gasteiger partial charge in [0.05, 0.1) is 13.3 Å². The second-order valence-corrected chi connectivity index (χ2v) is 8.14. The number of ether oxygens (including phenoxy) is 1. The van der Waals surface area contributed by atoms with Crippen molar-refractivity contribution in [2.45, 2.75) is 32.0 Å². The number of hydrogen-bond donors (Lipinski definition) is 1. The first-order valence-electron chi connectivity index (χ1n) is 11.0. The van der Waals surface area contributed by atoms with E-state index in [1.807, 2.05) is 0 Å². The molecule has 188 valence electrons. The number of rotatable bonds is 6. The normalized spacial score (nSPS) is 16.8. The van der Waals surface area contributed by atoms with Gasteiger partial charge in [-0.3, -0.25) is 9.79 Å². The monoisotopic (exact) mass is 499 g/mol. The van der Waals surface area contributed by atoms with Crippen molar-refractivity contribution in [3.8, 4) is 11.4 Å². The van der Waals surface area contributed by atoms with E-state index in [1.165, 1.54) is 19.4 Å². The number of hydrogen-bond acceptors (Lipinski definition) is 7. The van der Waals surface area contributed by atoms with Crippen LogP contribution in [0.4, 0.5) is 18.9 Å². The average molecular weight is 499 g/mol. The number of halogens is 3. The molecule has 0 saturated heterocycles. The molecule has 0 radical (unpaired) electrons. The van der Waals surface area contributed by atoms with E-state index in [2.05, 4.69) is 20.2 Å². The van der Waals surface area contributed by atoms with Crippen LogP contribution >= 0.6 is 0 Å². The van der Waals surface area contributed by atoms with E-state index in [4.69, 9.17) is 10.6 Å². The highest BCUT2D eigenvalue weighted by molar-refractivity contribution is 6.38. The lowest BCUT2D eigenvalue weighted by Gasteiger charge is -2.25. The molecule has 0 aliphatic carbocycles. The molecule has 2 aromatic carbocycles. The minimum atomic E-state index is -4.56. The summed E-state index contributed by atoms with van der Waals surface area (Å²) in [6.45, 7) is 0.364. The van der Waals surface area contributed by atoms with E-state index in [9.17, 15) is 18.0 Å². The summed E-state index contributed by atoms with van der Waals surface area (Å²) in [7, 11) is 1.50. The van der Waals surface area contributed by atoms with Crippen molar-refractivity contribution in [1.82, 2.24) is 14.8 Å². The maximum atomic E-state index is 13.3. The number of hydrazone groups is 1. The van der Waals surface area contributed by atoms with E-state index < -0.39 is 24.7 Å². The van der Waals surface area contributed by atoms with Gasteiger partial charge >= 0.3 is 6.18 Å². The molecule has 3 aromatic rings. The molecule has 1 unspecified atom stereocenters. The number of methoxy groups -OCH3 is 1. The van der Waals surface area contributed by atoms with Crippen LogP contribution in [0, 0.1) is 6.92 Å². The van der Waals surface area contributed by atoms with Gasteiger partial charge in [-0.25, -0.2) is 9.67 Å². The second-order valence-electron chi connectivity index (χ2n) is 8.14. The van der Waals surface area contributed by atoms with Crippen LogP contribution in [-0.2, 0) is 11.2 Å². The van der Waals surface area contributed by atoms with Crippen LogP contribution in [0.15, 0.2) is 58.9 Å². The standard InChI is InChI=1S/C24H24F3N7O2/c1-15-30-14-34(32-15)21-10-8-17(11-22(21)36-2)19(31-28)12-29-18-9-7-16-5-3-4-6-20(16)33(23(18)35)13-24(25,26)27/h3-6,8,10-12,14,18H,7,9,13,28H2,1-2H3. The van der Waals surface area contributed by atoms with Gasteiger partial charge in [0, 0.05) is 11.3 Å². The van der Waals surface area contributed by atoms with Crippen molar-refractivity contribution in [2.75, 3.05) is 18.6 Å². The number of nitrogens with two attached hydrogens (primary N) is 1. The number of nitrogens with zero attached hydrogens (tertiary/aromatic N) is 6. The van der Waals surface area contributed by atoms with Gasteiger partial charge in [-0.15, -0.1) is 0 Å². The smallest absolute Gasteiger partial charge is 0.406 e. The van der Waals surface area contributed by atoms with Gasteiger partial charge < -0.3 is 15.5 Å². The number of aliphatic imine (C=N–C) groups is 1. The third-order valence-corrected chi connectivity index (χ3v) is 5.70. The van der Waals surface area contributed by atoms with Crippen molar-refractivity contribution >= 4 is 23.5 Å². The van der Waals surface area contributed by atoms with E-state index in [0.29, 0.717) is 34.8 Å². The molecule has 2 N–H and O–H groups in total. The second kappa shape index (κ2) is 10.2. The lowest BCUT2D eigenvalue weighted by atomic mass is 10.1. The fraction of sp³-hybridized carbons (Fsp3) is 0.292. The van der Waals surface area contributed by atoms with Crippen LogP contribution in [0.5, 0.6) is 5.75 Å². The summed E-state index contributed by atoms with van der Waals surface area (Å²) >= 11 is 0. The largest absolute Gasteiger partial charge is 0.494 e. The number of carbonyl (C=O) groups is 1. The molecule has 36 heavy (non-hydrogen) atoms. The molecule has 2 heterocycles. The maximum absolute atomic E-state index is 13.3. The average Bonchev–Trinajstić information content (AvgIpc) is 3.24. The molecule has 12 heteroatoms. The third kappa shape index (κ3) is 5.37. The molecule has 9 nitrogen and oxygen atoms in total. The Morgan fingerprint density at radius 2 is 2.03 bits per heavy atom. The van der Waals surface area contributed by atoms with Gasteiger partial charge in [-0.1, -0.05) is 24.3 Å². The number of para-hydroxylation sites is 1. The topological polar surface area (TPSA) is 111 Å². The molecule has 0 saturated carbocycles. The highest BCUT2D eigenvalue weighted by Crippen LogP contribution is 2.31. The molecular weight excluding hydrogens is 475 g/mol. The van der Waals surface area contributed by atoms with Crippen molar-refractivity contribution in [2.24, 2.45) is 15.9 Å². The molecule has 1 amide bonds. The van der Waals surface area contributed by atoms with Crippen LogP contribution in [-0.4, -0.2) is 58.5 Å². The van der Waals surface area contributed by atoms with Crippen LogP contribution in [0.3, 0.4) is 0 Å². The highest BCUT2D eigenvalue weighted by atomic mass is 19.4. The number of fused-ring (bicyclic) bond motifs is 1. The Kier molecular flexibility index (Phi) is 7.04. The Morgan fingerprint density at radius 3 is 2.69 bits per heavy atom. The Hall–Kier alpha value is -4.22. The lowest BCUT2D eigenvalue weighted by molar-refractivity contribution is -0.133. The summed E-state index contributed by atoms with van der Waals surface area (Å²) < 4.78 is 46.9. The van der Waals surface area contributed by atoms with E-state index in [0.717, 1.165) is 4.90 Å². The van der Waals surface area contributed by atoms with Gasteiger partial charge in [-0.05, 0) is 43.5 Å². The SMILES string of the molecule is COc1cc(C(C=NC2CCc3ccccc3N(CC(F)(F)F)C2=O)=NN)ccc1-n1cnc(C)n1. The van der Waals surface area contributed by atoms with E-state index >= 15 is 0 Å². The molecule has 1 aliphatic heterocycles. The zero-order valence-corrected chi connectivity index (χ0v) is 19.6. The fourth-order valence-electron chi connectivity index (χ4n) is 4.01. The van der Waals surface area contributed by atoms with Crippen LogP contribution < -0.4 is 15.5 Å². The maximum Gasteiger partial charge on any atom is 0.406 e. The quantitative estimate of drug-likeness (QED) is 0.318. The van der Waals surface area contributed by atoms with Crippen molar-refractivity contribution in [1.29, 1.82) is 0 Å². The van der Waals surface area contributed by atoms with Gasteiger partial charge in [0.1, 0.15) is 41.9 Å². The minimum absolute atomic E-state index is 0.228. The molecule has 1 aliphatic rings. The summed E-state index contributed by atoms with van der Waals surface area (Å²) in [6.07, 6.45) is -1.07. The number of aromatic nitrogens is 3. The van der Waals surface area contributed by atoms with Crippen molar-refractivity contribution in [3.05, 3.63) is 65.7 Å². The number of anilines is 1. The van der Waals surface area contributed by atoms with E-state index in [1.54, 1.807) is 54.3 Å². The number of aryl methyl sites for hydroxylation is 2. The van der Waals surface area contributed by atoms with Crippen LogP contribution in [0.25, 0.3) is 5.69 Å². The summed E-state index contributed by atoms with van der Waals surface area (Å²) in [6, 6.07) is 10.7. The summed E-state index contributed by atoms with van der Waals surface area (Å²) in [5.41, 5.74) is 2.30. The Bertz CT molecular complexity index is 1320. The summed E-state index contributed by atoms with van der Waals surface area (Å²) in [5.74, 6) is 5.91. The predicted molar refractivity (Wildman–Crippen MR) is 129 cm³/mol. The zero-order chi connectivity index (χ0) is 25.9. The molecule has 1 atom stereocenters. The van der Waals surface area contributed by atoms with Crippen molar-refractivity contribution in [3.63, 3.8) is 0 Å². The fourth-order valence-corrected chi connectivity index (χ4v) is 4.01. The third-order valence-electron chi connectivity index (χ3n) is 5.70. The van der Waals surface area contributed by atoms with Crippen LogP contribution in [0.2, 0.25) is 0 Å². The van der Waals surface area contributed by atoms with Gasteiger partial charge in [0.15, 0.2) is 0 Å². The van der Waals surface area contributed by atoms with Crippen LogP contribution in [0.1, 0.15) is 23.4 Å². The minimum Gasteiger partial charge on any atom is -0.494 e. The molecule has 0 bridgehead atoms. The molecule has 0 fully saturated rings. The lowest BCUT2D eigenvalue weighted by Crippen LogP contribution is -2.43. The van der Waals surface area contributed by atoms with Crippen molar-refractivity contribution < 1.29 is 22.7 Å². The van der Waals surface area contributed by atoms with Gasteiger partial charge in [0.25, 0.3) is 5.91 Å². The first kappa shape index (κ1) is 24.9. The Balaban J connectivity index is 1.61. The number of amides is 1. The summed E-state index contributed by atoms with van der Waals surface area (Å²) in [4.78, 5) is 22.3. The van der Waals surface area contributed by atoms with E-state index in [-0.39, 0.29) is 17.8 Å². The highest BCUT2D eigenvalue weighted by Gasteiger charge is 2.38. The molecular formula is C24H24F3N7O2. The summed E-state index contributed by atoms with van der Waals surface area (Å²) in [5, 5.41) is 8.03. The molecule has 4 rings (SSSR count). The molecule has 0 spiro atoms. The zero-order valence-electron chi connectivity index (χ0n) is 19.6.